The van der Waals surface area contributed by atoms with Crippen molar-refractivity contribution in [3.63, 3.8) is 0 Å². The SMILES string of the molecule is O=C(Nc1ccn(Cc2c(F)cccc2Cl)n1)c1cc(-c2cccs2)[nH]n1. The third-order valence-corrected chi connectivity index (χ3v) is 5.12. The van der Waals surface area contributed by atoms with Crippen LogP contribution in [-0.2, 0) is 6.54 Å². The molecule has 0 fully saturated rings. The summed E-state index contributed by atoms with van der Waals surface area (Å²) >= 11 is 7.58. The molecular weight excluding hydrogens is 389 g/mol. The van der Waals surface area contributed by atoms with Gasteiger partial charge in [0.05, 0.1) is 17.1 Å². The van der Waals surface area contributed by atoms with Gasteiger partial charge in [0.25, 0.3) is 5.91 Å². The molecule has 4 rings (SSSR count). The van der Waals surface area contributed by atoms with Crippen molar-refractivity contribution in [3.05, 3.63) is 76.1 Å². The molecule has 0 saturated heterocycles. The number of H-pyrrole nitrogens is 1. The van der Waals surface area contributed by atoms with Crippen LogP contribution in [0.25, 0.3) is 10.6 Å². The van der Waals surface area contributed by atoms with Crippen LogP contribution in [0.2, 0.25) is 5.02 Å². The number of anilines is 1. The number of carbonyl (C=O) groups is 1. The predicted octanol–water partition coefficient (Wildman–Crippen LogP) is 4.43. The molecule has 0 aliphatic carbocycles. The minimum atomic E-state index is -0.402. The first-order valence-corrected chi connectivity index (χ1v) is 9.23. The Morgan fingerprint density at radius 1 is 1.30 bits per heavy atom. The highest BCUT2D eigenvalue weighted by atomic mass is 35.5. The number of thiophene rings is 1. The van der Waals surface area contributed by atoms with Crippen LogP contribution in [-0.4, -0.2) is 25.9 Å². The van der Waals surface area contributed by atoms with Crippen molar-refractivity contribution in [1.82, 2.24) is 20.0 Å². The summed E-state index contributed by atoms with van der Waals surface area (Å²) in [5.41, 5.74) is 1.37. The van der Waals surface area contributed by atoms with Crippen molar-refractivity contribution in [1.29, 1.82) is 0 Å². The quantitative estimate of drug-likeness (QED) is 0.519. The number of hydrogen-bond acceptors (Lipinski definition) is 4. The lowest BCUT2D eigenvalue weighted by atomic mass is 10.2. The van der Waals surface area contributed by atoms with Crippen molar-refractivity contribution in [2.45, 2.75) is 6.54 Å². The zero-order valence-corrected chi connectivity index (χ0v) is 15.4. The van der Waals surface area contributed by atoms with Crippen LogP contribution in [0.15, 0.2) is 54.0 Å². The van der Waals surface area contributed by atoms with Crippen LogP contribution in [0, 0.1) is 5.82 Å². The molecule has 0 saturated carbocycles. The smallest absolute Gasteiger partial charge is 0.277 e. The molecule has 0 aliphatic rings. The molecule has 0 atom stereocenters. The number of aromatic nitrogens is 4. The molecule has 1 amide bonds. The summed E-state index contributed by atoms with van der Waals surface area (Å²) in [6.07, 6.45) is 1.64. The molecule has 0 radical (unpaired) electrons. The minimum absolute atomic E-state index is 0.159. The summed E-state index contributed by atoms with van der Waals surface area (Å²) in [4.78, 5) is 13.3. The van der Waals surface area contributed by atoms with Gasteiger partial charge in [-0.05, 0) is 29.6 Å². The third kappa shape index (κ3) is 3.76. The number of aromatic amines is 1. The van der Waals surface area contributed by atoms with E-state index in [1.165, 1.54) is 10.7 Å². The first-order chi connectivity index (χ1) is 13.1. The van der Waals surface area contributed by atoms with Gasteiger partial charge in [-0.25, -0.2) is 4.39 Å². The van der Waals surface area contributed by atoms with Crippen molar-refractivity contribution in [2.75, 3.05) is 5.32 Å². The van der Waals surface area contributed by atoms with E-state index in [1.54, 1.807) is 41.8 Å². The molecule has 0 spiro atoms. The molecule has 0 bridgehead atoms. The third-order valence-electron chi connectivity index (χ3n) is 3.86. The summed E-state index contributed by atoms with van der Waals surface area (Å²) in [7, 11) is 0. The molecule has 3 aromatic heterocycles. The van der Waals surface area contributed by atoms with Crippen LogP contribution in [0.1, 0.15) is 16.1 Å². The number of hydrogen-bond donors (Lipinski definition) is 2. The van der Waals surface area contributed by atoms with E-state index in [1.807, 2.05) is 17.5 Å². The fourth-order valence-electron chi connectivity index (χ4n) is 2.54. The Morgan fingerprint density at radius 2 is 2.19 bits per heavy atom. The van der Waals surface area contributed by atoms with Crippen LogP contribution in [0.5, 0.6) is 0 Å². The Labute approximate surface area is 162 Å². The normalized spacial score (nSPS) is 10.9. The molecule has 27 heavy (non-hydrogen) atoms. The summed E-state index contributed by atoms with van der Waals surface area (Å²) in [6.45, 7) is 0.159. The van der Waals surface area contributed by atoms with Gasteiger partial charge >= 0.3 is 0 Å². The molecule has 136 valence electrons. The second kappa shape index (κ2) is 7.34. The largest absolute Gasteiger partial charge is 0.304 e. The van der Waals surface area contributed by atoms with E-state index in [0.29, 0.717) is 16.4 Å². The van der Waals surface area contributed by atoms with Gasteiger partial charge in [-0.2, -0.15) is 10.2 Å². The summed E-state index contributed by atoms with van der Waals surface area (Å²) in [5.74, 6) is -0.447. The number of amides is 1. The van der Waals surface area contributed by atoms with E-state index < -0.39 is 5.82 Å². The molecule has 0 aliphatic heterocycles. The van der Waals surface area contributed by atoms with Crippen molar-refractivity contribution < 1.29 is 9.18 Å². The van der Waals surface area contributed by atoms with E-state index >= 15 is 0 Å². The monoisotopic (exact) mass is 401 g/mol. The van der Waals surface area contributed by atoms with Gasteiger partial charge in [0, 0.05) is 22.8 Å². The zero-order valence-electron chi connectivity index (χ0n) is 13.8. The van der Waals surface area contributed by atoms with Gasteiger partial charge in [0.15, 0.2) is 11.5 Å². The highest BCUT2D eigenvalue weighted by Crippen LogP contribution is 2.23. The first-order valence-electron chi connectivity index (χ1n) is 7.97. The zero-order chi connectivity index (χ0) is 18.8. The Hall–Kier alpha value is -2.97. The highest BCUT2D eigenvalue weighted by molar-refractivity contribution is 7.13. The molecule has 1 aromatic carbocycles. The highest BCUT2D eigenvalue weighted by Gasteiger charge is 2.14. The average molecular weight is 402 g/mol. The van der Waals surface area contributed by atoms with E-state index in [9.17, 15) is 9.18 Å². The molecule has 3 heterocycles. The lowest BCUT2D eigenvalue weighted by Crippen LogP contribution is -2.13. The second-order valence-electron chi connectivity index (χ2n) is 5.70. The molecule has 6 nitrogen and oxygen atoms in total. The Morgan fingerprint density at radius 3 is 2.96 bits per heavy atom. The van der Waals surface area contributed by atoms with Crippen LogP contribution in [0.3, 0.4) is 0 Å². The van der Waals surface area contributed by atoms with Crippen LogP contribution < -0.4 is 5.32 Å². The Balaban J connectivity index is 1.45. The fourth-order valence-corrected chi connectivity index (χ4v) is 3.45. The van der Waals surface area contributed by atoms with E-state index in [2.05, 4.69) is 20.6 Å². The van der Waals surface area contributed by atoms with Crippen LogP contribution >= 0.6 is 22.9 Å². The van der Waals surface area contributed by atoms with Gasteiger partial charge in [-0.3, -0.25) is 14.6 Å². The number of nitrogens with zero attached hydrogens (tertiary/aromatic N) is 3. The number of carbonyl (C=O) groups excluding carboxylic acids is 1. The van der Waals surface area contributed by atoms with Gasteiger partial charge in [0.2, 0.25) is 0 Å². The summed E-state index contributed by atoms with van der Waals surface area (Å²) in [6, 6.07) is 11.7. The Kier molecular flexibility index (Phi) is 4.74. The lowest BCUT2D eigenvalue weighted by molar-refractivity contribution is 0.102. The second-order valence-corrected chi connectivity index (χ2v) is 7.05. The van der Waals surface area contributed by atoms with Crippen molar-refractivity contribution in [3.8, 4) is 10.6 Å². The van der Waals surface area contributed by atoms with Gasteiger partial charge < -0.3 is 5.32 Å². The maximum atomic E-state index is 13.9. The Bertz CT molecular complexity index is 1070. The topological polar surface area (TPSA) is 75.6 Å². The lowest BCUT2D eigenvalue weighted by Gasteiger charge is -2.06. The number of benzene rings is 1. The maximum absolute atomic E-state index is 13.9. The number of rotatable bonds is 5. The maximum Gasteiger partial charge on any atom is 0.277 e. The number of halogens is 2. The molecule has 9 heteroatoms. The fraction of sp³-hybridized carbons (Fsp3) is 0.0556. The predicted molar refractivity (Wildman–Crippen MR) is 103 cm³/mol. The van der Waals surface area contributed by atoms with Gasteiger partial charge in [-0.15, -0.1) is 11.3 Å². The van der Waals surface area contributed by atoms with Crippen LogP contribution in [0.4, 0.5) is 10.2 Å². The van der Waals surface area contributed by atoms with Gasteiger partial charge in [0.1, 0.15) is 5.82 Å². The van der Waals surface area contributed by atoms with E-state index in [0.717, 1.165) is 10.6 Å². The van der Waals surface area contributed by atoms with E-state index in [-0.39, 0.29) is 18.1 Å². The molecule has 2 N–H and O–H groups in total. The van der Waals surface area contributed by atoms with Gasteiger partial charge in [-0.1, -0.05) is 23.7 Å². The molecular formula is C18H13ClFN5OS. The summed E-state index contributed by atoms with van der Waals surface area (Å²) in [5, 5.41) is 16.1. The number of nitrogens with one attached hydrogen (secondary N) is 2. The standard InChI is InChI=1S/C18H13ClFN5OS/c19-12-3-1-4-13(20)11(12)10-25-7-6-17(24-25)21-18(26)15-9-14(22-23-15)16-5-2-8-27-16/h1-9H,10H2,(H,22,23)(H,21,24,26). The summed E-state index contributed by atoms with van der Waals surface area (Å²) < 4.78 is 15.4. The van der Waals surface area contributed by atoms with E-state index in [4.69, 9.17) is 11.6 Å². The first kappa shape index (κ1) is 17.4. The minimum Gasteiger partial charge on any atom is -0.304 e. The average Bonchev–Trinajstić information content (AvgIpc) is 3.38. The van der Waals surface area contributed by atoms with Crippen molar-refractivity contribution in [2.24, 2.45) is 0 Å². The van der Waals surface area contributed by atoms with Crippen molar-refractivity contribution >= 4 is 34.7 Å². The molecule has 4 aromatic rings. The molecule has 0 unspecified atom stereocenters.